The SMILES string of the molecule is NNc1cc(Cn2cc(I)cn2)ccn1. The van der Waals surface area contributed by atoms with Crippen molar-refractivity contribution in [1.82, 2.24) is 14.8 Å². The summed E-state index contributed by atoms with van der Waals surface area (Å²) >= 11 is 2.23. The Labute approximate surface area is 101 Å². The molecule has 0 aromatic carbocycles. The van der Waals surface area contributed by atoms with Crippen LogP contribution in [0.15, 0.2) is 30.7 Å². The number of nitrogens with one attached hydrogen (secondary N) is 1. The molecule has 0 fully saturated rings. The van der Waals surface area contributed by atoms with Crippen LogP contribution in [0, 0.1) is 3.57 Å². The first kappa shape index (κ1) is 10.4. The zero-order valence-electron chi connectivity index (χ0n) is 7.89. The van der Waals surface area contributed by atoms with Crippen molar-refractivity contribution in [2.24, 2.45) is 5.84 Å². The Hall–Kier alpha value is -1.15. The van der Waals surface area contributed by atoms with Crippen molar-refractivity contribution in [3.05, 3.63) is 39.9 Å². The Morgan fingerprint density at radius 2 is 2.40 bits per heavy atom. The minimum Gasteiger partial charge on any atom is -0.308 e. The van der Waals surface area contributed by atoms with Crippen molar-refractivity contribution < 1.29 is 0 Å². The molecule has 0 atom stereocenters. The molecule has 0 spiro atoms. The molecule has 0 aliphatic carbocycles. The van der Waals surface area contributed by atoms with Gasteiger partial charge < -0.3 is 5.43 Å². The fourth-order valence-corrected chi connectivity index (χ4v) is 1.71. The van der Waals surface area contributed by atoms with Crippen molar-refractivity contribution >= 4 is 28.4 Å². The van der Waals surface area contributed by atoms with Gasteiger partial charge in [-0.3, -0.25) is 4.68 Å². The van der Waals surface area contributed by atoms with Gasteiger partial charge in [-0.05, 0) is 40.3 Å². The standard InChI is InChI=1S/C9H10IN5/c10-8-4-13-15(6-8)5-7-1-2-12-9(3-7)14-11/h1-4,6H,5,11H2,(H,12,14). The van der Waals surface area contributed by atoms with Gasteiger partial charge in [0, 0.05) is 12.4 Å². The van der Waals surface area contributed by atoms with Crippen molar-refractivity contribution in [3.63, 3.8) is 0 Å². The van der Waals surface area contributed by atoms with Gasteiger partial charge in [-0.1, -0.05) is 0 Å². The Kier molecular flexibility index (Phi) is 3.17. The highest BCUT2D eigenvalue weighted by molar-refractivity contribution is 14.1. The largest absolute Gasteiger partial charge is 0.308 e. The predicted octanol–water partition coefficient (Wildman–Crippen LogP) is 1.22. The zero-order chi connectivity index (χ0) is 10.7. The van der Waals surface area contributed by atoms with Crippen molar-refractivity contribution in [2.75, 3.05) is 5.43 Å². The number of rotatable bonds is 3. The second-order valence-corrected chi connectivity index (χ2v) is 4.30. The molecule has 0 bridgehead atoms. The number of hydrogen-bond donors (Lipinski definition) is 2. The third kappa shape index (κ3) is 2.66. The van der Waals surface area contributed by atoms with E-state index in [1.54, 1.807) is 6.20 Å². The summed E-state index contributed by atoms with van der Waals surface area (Å²) < 4.78 is 3.00. The highest BCUT2D eigenvalue weighted by atomic mass is 127. The van der Waals surface area contributed by atoms with Crippen molar-refractivity contribution in [1.29, 1.82) is 0 Å². The quantitative estimate of drug-likeness (QED) is 0.508. The van der Waals surface area contributed by atoms with E-state index in [9.17, 15) is 0 Å². The number of hydrazine groups is 1. The summed E-state index contributed by atoms with van der Waals surface area (Å²) in [5.74, 6) is 5.94. The lowest BCUT2D eigenvalue weighted by molar-refractivity contribution is 0.686. The highest BCUT2D eigenvalue weighted by Gasteiger charge is 1.99. The van der Waals surface area contributed by atoms with Gasteiger partial charge in [-0.25, -0.2) is 10.8 Å². The average molecular weight is 315 g/mol. The number of anilines is 1. The lowest BCUT2D eigenvalue weighted by atomic mass is 10.2. The molecule has 2 rings (SSSR count). The van der Waals surface area contributed by atoms with E-state index >= 15 is 0 Å². The first-order valence-electron chi connectivity index (χ1n) is 4.37. The van der Waals surface area contributed by atoms with Crippen LogP contribution in [0.2, 0.25) is 0 Å². The number of aromatic nitrogens is 3. The number of nitrogen functional groups attached to an aromatic ring is 1. The maximum atomic E-state index is 5.28. The highest BCUT2D eigenvalue weighted by Crippen LogP contribution is 2.08. The van der Waals surface area contributed by atoms with Crippen LogP contribution in [0.25, 0.3) is 0 Å². The number of nitrogens with zero attached hydrogens (tertiary/aromatic N) is 3. The van der Waals surface area contributed by atoms with E-state index in [1.807, 2.05) is 29.2 Å². The third-order valence-electron chi connectivity index (χ3n) is 1.92. The minimum absolute atomic E-state index is 0.661. The van der Waals surface area contributed by atoms with Gasteiger partial charge in [0.05, 0.1) is 16.3 Å². The van der Waals surface area contributed by atoms with Gasteiger partial charge >= 0.3 is 0 Å². The molecule has 2 aromatic heterocycles. The maximum absolute atomic E-state index is 5.28. The molecule has 5 nitrogen and oxygen atoms in total. The molecule has 0 radical (unpaired) electrons. The van der Waals surface area contributed by atoms with E-state index in [-0.39, 0.29) is 0 Å². The second kappa shape index (κ2) is 4.58. The van der Waals surface area contributed by atoms with Crippen LogP contribution in [0.1, 0.15) is 5.56 Å². The van der Waals surface area contributed by atoms with Gasteiger partial charge in [0.1, 0.15) is 5.82 Å². The minimum atomic E-state index is 0.661. The number of pyridine rings is 1. The molecule has 78 valence electrons. The van der Waals surface area contributed by atoms with Crippen molar-refractivity contribution in [3.8, 4) is 0 Å². The first-order valence-corrected chi connectivity index (χ1v) is 5.45. The summed E-state index contributed by atoms with van der Waals surface area (Å²) in [7, 11) is 0. The third-order valence-corrected chi connectivity index (χ3v) is 2.48. The molecule has 0 saturated carbocycles. The summed E-state index contributed by atoms with van der Waals surface area (Å²) in [6.45, 7) is 0.722. The molecule has 0 aliphatic rings. The molecular formula is C9H10IN5. The molecule has 0 aliphatic heterocycles. The Morgan fingerprint density at radius 3 is 3.07 bits per heavy atom. The molecule has 0 saturated heterocycles. The van der Waals surface area contributed by atoms with E-state index in [1.165, 1.54) is 0 Å². The number of nitrogens with two attached hydrogens (primary N) is 1. The van der Waals surface area contributed by atoms with Gasteiger partial charge in [0.15, 0.2) is 0 Å². The molecule has 3 N–H and O–H groups in total. The average Bonchev–Trinajstić information content (AvgIpc) is 2.64. The topological polar surface area (TPSA) is 68.8 Å². The summed E-state index contributed by atoms with van der Waals surface area (Å²) in [5.41, 5.74) is 3.62. The van der Waals surface area contributed by atoms with E-state index in [2.05, 4.69) is 38.1 Å². The smallest absolute Gasteiger partial charge is 0.140 e. The number of hydrogen-bond acceptors (Lipinski definition) is 4. The molecule has 2 aromatic rings. The summed E-state index contributed by atoms with van der Waals surface area (Å²) in [6.07, 6.45) is 5.53. The van der Waals surface area contributed by atoms with Crippen LogP contribution < -0.4 is 11.3 Å². The van der Waals surface area contributed by atoms with Crippen molar-refractivity contribution in [2.45, 2.75) is 6.54 Å². The van der Waals surface area contributed by atoms with Gasteiger partial charge in [0.25, 0.3) is 0 Å². The van der Waals surface area contributed by atoms with Crippen LogP contribution in [0.4, 0.5) is 5.82 Å². The van der Waals surface area contributed by atoms with Crippen LogP contribution in [0.3, 0.4) is 0 Å². The molecule has 0 amide bonds. The summed E-state index contributed by atoms with van der Waals surface area (Å²) in [5, 5.41) is 4.20. The normalized spacial score (nSPS) is 10.3. The van der Waals surface area contributed by atoms with Crippen LogP contribution in [0.5, 0.6) is 0 Å². The zero-order valence-corrected chi connectivity index (χ0v) is 10.0. The fourth-order valence-electron chi connectivity index (χ4n) is 1.26. The molecule has 2 heterocycles. The maximum Gasteiger partial charge on any atom is 0.140 e. The van der Waals surface area contributed by atoms with E-state index < -0.39 is 0 Å². The summed E-state index contributed by atoms with van der Waals surface area (Å²) in [6, 6.07) is 3.84. The van der Waals surface area contributed by atoms with Crippen LogP contribution in [-0.4, -0.2) is 14.8 Å². The molecule has 6 heteroatoms. The first-order chi connectivity index (χ1) is 7.28. The lowest BCUT2D eigenvalue weighted by Crippen LogP contribution is -2.09. The summed E-state index contributed by atoms with van der Waals surface area (Å²) in [4.78, 5) is 4.04. The Bertz CT molecular complexity index is 453. The number of halogens is 1. The predicted molar refractivity (Wildman–Crippen MR) is 66.1 cm³/mol. The van der Waals surface area contributed by atoms with Crippen LogP contribution >= 0.6 is 22.6 Å². The van der Waals surface area contributed by atoms with Gasteiger partial charge in [0.2, 0.25) is 0 Å². The van der Waals surface area contributed by atoms with E-state index in [0.29, 0.717) is 5.82 Å². The monoisotopic (exact) mass is 315 g/mol. The van der Waals surface area contributed by atoms with Gasteiger partial charge in [-0.15, -0.1) is 0 Å². The van der Waals surface area contributed by atoms with Gasteiger partial charge in [-0.2, -0.15) is 5.10 Å². The molecule has 15 heavy (non-hydrogen) atoms. The Morgan fingerprint density at radius 1 is 1.53 bits per heavy atom. The molecular weight excluding hydrogens is 305 g/mol. The fraction of sp³-hybridized carbons (Fsp3) is 0.111. The Balaban J connectivity index is 2.16. The molecule has 0 unspecified atom stereocenters. The van der Waals surface area contributed by atoms with Crippen LogP contribution in [-0.2, 0) is 6.54 Å². The second-order valence-electron chi connectivity index (χ2n) is 3.05. The van der Waals surface area contributed by atoms with E-state index in [0.717, 1.165) is 15.7 Å². The lowest BCUT2D eigenvalue weighted by Gasteiger charge is -2.03. The van der Waals surface area contributed by atoms with E-state index in [4.69, 9.17) is 5.84 Å².